The molecule has 342 valence electrons. The second kappa shape index (κ2) is 37.4. The largest absolute Gasteiger partial charge is 0.394 e. The van der Waals surface area contributed by atoms with Crippen molar-refractivity contribution in [1.82, 2.24) is 5.32 Å². The number of nitrogens with one attached hydrogen (secondary N) is 1. The Bertz CT molecular complexity index is 997. The summed E-state index contributed by atoms with van der Waals surface area (Å²) in [7, 11) is 0. The summed E-state index contributed by atoms with van der Waals surface area (Å²) in [5, 5.41) is 75.5. The summed E-state index contributed by atoms with van der Waals surface area (Å²) in [6.07, 6.45) is 29.7. The molecule has 1 fully saturated rings. The van der Waals surface area contributed by atoms with Crippen LogP contribution in [-0.4, -0.2) is 110 Å². The number of rotatable bonds is 39. The van der Waals surface area contributed by atoms with Gasteiger partial charge in [-0.25, -0.2) is 0 Å². The fraction of sp³-hybridized carbons (Fsp3) is 0.894. The van der Waals surface area contributed by atoms with Crippen molar-refractivity contribution < 1.29 is 50.0 Å². The molecule has 1 rings (SSSR count). The van der Waals surface area contributed by atoms with Gasteiger partial charge in [0.25, 0.3) is 0 Å². The number of aliphatic hydroxyl groups is 7. The second-order valence-electron chi connectivity index (χ2n) is 16.8. The van der Waals surface area contributed by atoms with Crippen LogP contribution in [0.1, 0.15) is 200 Å². The predicted octanol–water partition coefficient (Wildman–Crippen LogP) is 7.84. The molecule has 11 heteroatoms. The third-order valence-electron chi connectivity index (χ3n) is 11.5. The molecule has 0 aromatic carbocycles. The SMILES string of the molecule is CCCCCCCCCCCCCCC/C=C/CC/C=C/CCCC(O)C(O)C(COC1OC(CO)C(O)C(O)C1O)NC(=O)C(O)CCCCCCCCCCC. The monoisotopic (exact) mass is 828 g/mol. The summed E-state index contributed by atoms with van der Waals surface area (Å²) in [6.45, 7) is 3.39. The van der Waals surface area contributed by atoms with E-state index in [9.17, 15) is 40.5 Å². The lowest BCUT2D eigenvalue weighted by Crippen LogP contribution is -2.60. The van der Waals surface area contributed by atoms with Crippen LogP contribution in [0.3, 0.4) is 0 Å². The van der Waals surface area contributed by atoms with Gasteiger partial charge in [0.1, 0.15) is 36.6 Å². The van der Waals surface area contributed by atoms with E-state index in [0.29, 0.717) is 19.3 Å². The Morgan fingerprint density at radius 1 is 0.586 bits per heavy atom. The maximum Gasteiger partial charge on any atom is 0.249 e. The van der Waals surface area contributed by atoms with Crippen molar-refractivity contribution in [2.24, 2.45) is 0 Å². The van der Waals surface area contributed by atoms with Crippen LogP contribution in [0, 0.1) is 0 Å². The van der Waals surface area contributed by atoms with Crippen molar-refractivity contribution in [2.45, 2.75) is 255 Å². The minimum atomic E-state index is -1.67. The number of amides is 1. The molecular formula is C47H89NO10. The molecule has 0 aromatic heterocycles. The van der Waals surface area contributed by atoms with Crippen LogP contribution < -0.4 is 5.32 Å². The highest BCUT2D eigenvalue weighted by Gasteiger charge is 2.44. The molecule has 0 radical (unpaired) electrons. The quantitative estimate of drug-likeness (QED) is 0.0224. The predicted molar refractivity (Wildman–Crippen MR) is 233 cm³/mol. The van der Waals surface area contributed by atoms with E-state index in [-0.39, 0.29) is 12.8 Å². The van der Waals surface area contributed by atoms with Crippen molar-refractivity contribution in [1.29, 1.82) is 0 Å². The maximum atomic E-state index is 13.0. The van der Waals surface area contributed by atoms with E-state index >= 15 is 0 Å². The van der Waals surface area contributed by atoms with Gasteiger partial charge in [-0.3, -0.25) is 4.79 Å². The Hall–Kier alpha value is -1.41. The molecule has 11 nitrogen and oxygen atoms in total. The molecule has 1 saturated heterocycles. The number of carbonyl (C=O) groups is 1. The van der Waals surface area contributed by atoms with Crippen LogP contribution in [-0.2, 0) is 14.3 Å². The van der Waals surface area contributed by atoms with Crippen molar-refractivity contribution in [3.05, 3.63) is 24.3 Å². The zero-order valence-corrected chi connectivity index (χ0v) is 36.8. The number of allylic oxidation sites excluding steroid dienone is 4. The zero-order chi connectivity index (χ0) is 42.6. The van der Waals surface area contributed by atoms with Gasteiger partial charge in [0.15, 0.2) is 6.29 Å². The van der Waals surface area contributed by atoms with Crippen LogP contribution in [0.4, 0.5) is 0 Å². The summed E-state index contributed by atoms with van der Waals surface area (Å²) >= 11 is 0. The molecular weight excluding hydrogens is 739 g/mol. The molecule has 1 amide bonds. The molecule has 58 heavy (non-hydrogen) atoms. The normalized spacial score (nSPS) is 22.1. The highest BCUT2D eigenvalue weighted by atomic mass is 16.7. The van der Waals surface area contributed by atoms with Crippen molar-refractivity contribution >= 4 is 5.91 Å². The average Bonchev–Trinajstić information content (AvgIpc) is 3.22. The second-order valence-corrected chi connectivity index (χ2v) is 16.8. The third-order valence-corrected chi connectivity index (χ3v) is 11.5. The first-order chi connectivity index (χ1) is 28.2. The molecule has 0 bridgehead atoms. The van der Waals surface area contributed by atoms with Crippen LogP contribution in [0.5, 0.6) is 0 Å². The minimum Gasteiger partial charge on any atom is -0.394 e. The molecule has 0 aliphatic carbocycles. The molecule has 1 aliphatic rings. The van der Waals surface area contributed by atoms with E-state index in [4.69, 9.17) is 9.47 Å². The van der Waals surface area contributed by atoms with Gasteiger partial charge in [0.05, 0.1) is 25.4 Å². The molecule has 0 spiro atoms. The van der Waals surface area contributed by atoms with E-state index in [2.05, 4.69) is 43.5 Å². The first kappa shape index (κ1) is 54.6. The highest BCUT2D eigenvalue weighted by Crippen LogP contribution is 2.23. The number of aliphatic hydroxyl groups excluding tert-OH is 7. The summed E-state index contributed by atoms with van der Waals surface area (Å²) < 4.78 is 11.0. The Kier molecular flexibility index (Phi) is 35.2. The number of carbonyl (C=O) groups excluding carboxylic acids is 1. The van der Waals surface area contributed by atoms with E-state index < -0.39 is 74.2 Å². The molecule has 0 aromatic rings. The molecule has 1 heterocycles. The van der Waals surface area contributed by atoms with Gasteiger partial charge in [0.2, 0.25) is 5.91 Å². The number of hydrogen-bond acceptors (Lipinski definition) is 10. The average molecular weight is 828 g/mol. The van der Waals surface area contributed by atoms with E-state index in [1.54, 1.807) is 0 Å². The lowest BCUT2D eigenvalue weighted by Gasteiger charge is -2.40. The fourth-order valence-electron chi connectivity index (χ4n) is 7.52. The fourth-order valence-corrected chi connectivity index (χ4v) is 7.52. The summed E-state index contributed by atoms with van der Waals surface area (Å²) in [5.74, 6) is -0.713. The molecule has 1 aliphatic heterocycles. The summed E-state index contributed by atoms with van der Waals surface area (Å²) in [4.78, 5) is 13.0. The third kappa shape index (κ3) is 26.7. The first-order valence-electron chi connectivity index (χ1n) is 23.7. The zero-order valence-electron chi connectivity index (χ0n) is 36.8. The Labute approximate surface area is 353 Å². The highest BCUT2D eigenvalue weighted by molar-refractivity contribution is 5.80. The Morgan fingerprint density at radius 3 is 1.53 bits per heavy atom. The van der Waals surface area contributed by atoms with Crippen LogP contribution in [0.15, 0.2) is 24.3 Å². The maximum absolute atomic E-state index is 13.0. The van der Waals surface area contributed by atoms with Crippen molar-refractivity contribution in [2.75, 3.05) is 13.2 Å². The van der Waals surface area contributed by atoms with Crippen LogP contribution >= 0.6 is 0 Å². The molecule has 0 saturated carbocycles. The smallest absolute Gasteiger partial charge is 0.249 e. The lowest BCUT2D eigenvalue weighted by atomic mass is 9.98. The first-order valence-corrected chi connectivity index (χ1v) is 23.7. The van der Waals surface area contributed by atoms with E-state index in [0.717, 1.165) is 38.5 Å². The van der Waals surface area contributed by atoms with Gasteiger partial charge in [-0.1, -0.05) is 173 Å². The van der Waals surface area contributed by atoms with Crippen LogP contribution in [0.25, 0.3) is 0 Å². The van der Waals surface area contributed by atoms with Gasteiger partial charge in [-0.15, -0.1) is 0 Å². The Balaban J connectivity index is 2.41. The standard InChI is InChI=1S/C47H89NO10/c1-3-5-7-9-11-13-14-15-16-17-18-19-20-21-22-23-24-25-27-28-30-32-34-39(50)42(52)38(37-57-47-45(55)44(54)43(53)41(36-49)58-47)48-46(56)40(51)35-33-31-29-26-12-10-8-6-4-2/h22-23,27-28,38-45,47,49-55H,3-21,24-26,29-37H2,1-2H3,(H,48,56)/b23-22+,28-27+. The van der Waals surface area contributed by atoms with Gasteiger partial charge >= 0.3 is 0 Å². The Morgan fingerprint density at radius 2 is 1.03 bits per heavy atom. The molecule has 9 unspecified atom stereocenters. The number of ether oxygens (including phenoxy) is 2. The van der Waals surface area contributed by atoms with Gasteiger partial charge in [0, 0.05) is 0 Å². The number of hydrogen-bond donors (Lipinski definition) is 8. The van der Waals surface area contributed by atoms with Crippen molar-refractivity contribution in [3.8, 4) is 0 Å². The number of unbranched alkanes of at least 4 members (excludes halogenated alkanes) is 23. The van der Waals surface area contributed by atoms with Gasteiger partial charge in [-0.05, 0) is 51.4 Å². The van der Waals surface area contributed by atoms with Gasteiger partial charge < -0.3 is 50.5 Å². The molecule has 9 atom stereocenters. The van der Waals surface area contributed by atoms with Crippen LogP contribution in [0.2, 0.25) is 0 Å². The summed E-state index contributed by atoms with van der Waals surface area (Å²) in [6, 6.07) is -1.19. The van der Waals surface area contributed by atoms with E-state index in [1.165, 1.54) is 116 Å². The van der Waals surface area contributed by atoms with Gasteiger partial charge in [-0.2, -0.15) is 0 Å². The molecule has 8 N–H and O–H groups in total. The van der Waals surface area contributed by atoms with E-state index in [1.807, 2.05) is 0 Å². The minimum absolute atomic E-state index is 0.248. The topological polar surface area (TPSA) is 189 Å². The lowest BCUT2D eigenvalue weighted by molar-refractivity contribution is -0.303. The van der Waals surface area contributed by atoms with Crippen molar-refractivity contribution in [3.63, 3.8) is 0 Å². The summed E-state index contributed by atoms with van der Waals surface area (Å²) in [5.41, 5.74) is 0.